The molecule has 0 N–H and O–H groups in total. The van der Waals surface area contributed by atoms with Gasteiger partial charge in [0.25, 0.3) is 0 Å². The molecule has 1 nitrogen and oxygen atoms in total. The number of hydrogen-bond acceptors (Lipinski definition) is 1. The highest BCUT2D eigenvalue weighted by Crippen LogP contribution is 2.03. The minimum atomic E-state index is 1.08. The monoisotopic (exact) mass is 151 g/mol. The van der Waals surface area contributed by atoms with Crippen molar-refractivity contribution in [3.8, 4) is 0 Å². The lowest BCUT2D eigenvalue weighted by molar-refractivity contribution is 1.07. The smallest absolute Gasteiger partial charge is 0.0302 e. The van der Waals surface area contributed by atoms with Gasteiger partial charge in [-0.15, -0.1) is 0 Å². The average Bonchev–Trinajstić information content (AvgIpc) is 2.09. The van der Waals surface area contributed by atoms with E-state index in [1.165, 1.54) is 11.1 Å². The van der Waals surface area contributed by atoms with Gasteiger partial charge in [-0.3, -0.25) is 4.98 Å². The molecule has 0 saturated carbocycles. The van der Waals surface area contributed by atoms with Gasteiger partial charge in [-0.05, 0) is 30.5 Å². The molecule has 0 unspecified atom stereocenters. The fraction of sp³-hybridized carbons (Fsp3) is 0.500. The van der Waals surface area contributed by atoms with E-state index >= 15 is 0 Å². The lowest BCUT2D eigenvalue weighted by Crippen LogP contribution is -1.85. The van der Waals surface area contributed by atoms with E-state index in [2.05, 4.69) is 18.8 Å². The van der Waals surface area contributed by atoms with Crippen LogP contribution in [0.2, 0.25) is 0 Å². The molecule has 0 aromatic carbocycles. The van der Waals surface area contributed by atoms with Crippen LogP contribution in [0.1, 0.15) is 31.9 Å². The molecule has 0 aliphatic heterocycles. The minimum absolute atomic E-state index is 1.08. The van der Waals surface area contributed by atoms with Gasteiger partial charge >= 0.3 is 0 Å². The van der Waals surface area contributed by atoms with Gasteiger partial charge < -0.3 is 0 Å². The van der Waals surface area contributed by atoms with E-state index in [4.69, 9.17) is 0 Å². The summed E-state index contributed by atoms with van der Waals surface area (Å²) in [5.74, 6) is 0. The van der Waals surface area contributed by atoms with E-state index < -0.39 is 0 Å². The van der Waals surface area contributed by atoms with Crippen molar-refractivity contribution in [3.63, 3.8) is 0 Å². The van der Waals surface area contributed by atoms with Crippen LogP contribution < -0.4 is 0 Å². The summed E-state index contributed by atoms with van der Waals surface area (Å²) in [6.45, 7) is 8.25. The van der Waals surface area contributed by atoms with Crippen molar-refractivity contribution in [1.29, 1.82) is 0 Å². The number of pyridine rings is 1. The quantitative estimate of drug-likeness (QED) is 0.601. The summed E-state index contributed by atoms with van der Waals surface area (Å²) < 4.78 is 0. The molecule has 1 heteroatoms. The van der Waals surface area contributed by atoms with Gasteiger partial charge in [-0.2, -0.15) is 0 Å². The molecule has 0 aliphatic carbocycles. The van der Waals surface area contributed by atoms with E-state index in [-0.39, 0.29) is 0 Å². The standard InChI is InChI=1S/C8H11N.C2H6/c1-3-8-6-9-5-4-7(8)2;1-2/h4-6H,3H2,1-2H3;1-2H3. The maximum atomic E-state index is 4.02. The Morgan fingerprint density at radius 3 is 2.36 bits per heavy atom. The molecule has 1 aromatic heterocycles. The van der Waals surface area contributed by atoms with Crippen LogP contribution in [-0.4, -0.2) is 4.98 Å². The van der Waals surface area contributed by atoms with Crippen LogP contribution in [0, 0.1) is 6.92 Å². The third kappa shape index (κ3) is 3.17. The first-order valence-electron chi connectivity index (χ1n) is 4.24. The third-order valence-corrected chi connectivity index (χ3v) is 1.53. The Hall–Kier alpha value is -0.850. The molecule has 0 spiro atoms. The van der Waals surface area contributed by atoms with Crippen LogP contribution in [0.3, 0.4) is 0 Å². The average molecular weight is 151 g/mol. The first-order chi connectivity index (χ1) is 5.34. The molecule has 0 saturated heterocycles. The van der Waals surface area contributed by atoms with E-state index in [0.717, 1.165) is 6.42 Å². The zero-order valence-corrected chi connectivity index (χ0v) is 7.89. The van der Waals surface area contributed by atoms with Crippen LogP contribution in [0.25, 0.3) is 0 Å². The molecular weight excluding hydrogens is 134 g/mol. The molecule has 0 atom stereocenters. The van der Waals surface area contributed by atoms with Gasteiger partial charge in [0.1, 0.15) is 0 Å². The second-order valence-corrected chi connectivity index (χ2v) is 2.16. The molecule has 0 aliphatic rings. The van der Waals surface area contributed by atoms with Gasteiger partial charge in [0.2, 0.25) is 0 Å². The van der Waals surface area contributed by atoms with Crippen LogP contribution in [0.4, 0.5) is 0 Å². The highest BCUT2D eigenvalue weighted by atomic mass is 14.6. The largest absolute Gasteiger partial charge is 0.264 e. The fourth-order valence-electron chi connectivity index (χ4n) is 0.867. The molecular formula is C10H17N. The summed E-state index contributed by atoms with van der Waals surface area (Å²) in [5.41, 5.74) is 2.69. The van der Waals surface area contributed by atoms with Crippen LogP contribution in [-0.2, 0) is 6.42 Å². The Morgan fingerprint density at radius 2 is 2.00 bits per heavy atom. The summed E-state index contributed by atoms with van der Waals surface area (Å²) in [6.07, 6.45) is 4.84. The molecule has 0 amide bonds. The van der Waals surface area contributed by atoms with Gasteiger partial charge in [0.05, 0.1) is 0 Å². The third-order valence-electron chi connectivity index (χ3n) is 1.53. The Balaban J connectivity index is 0.000000461. The van der Waals surface area contributed by atoms with E-state index in [0.29, 0.717) is 0 Å². The molecule has 1 aromatic rings. The summed E-state index contributed by atoms with van der Waals surface area (Å²) in [7, 11) is 0. The van der Waals surface area contributed by atoms with E-state index in [1.807, 2.05) is 32.3 Å². The first-order valence-corrected chi connectivity index (χ1v) is 4.24. The van der Waals surface area contributed by atoms with Gasteiger partial charge in [-0.25, -0.2) is 0 Å². The van der Waals surface area contributed by atoms with Gasteiger partial charge in [0, 0.05) is 12.4 Å². The number of aromatic nitrogens is 1. The van der Waals surface area contributed by atoms with Crippen molar-refractivity contribution in [3.05, 3.63) is 29.6 Å². The SMILES string of the molecule is CC.CCc1cnccc1C. The number of aryl methyl sites for hydroxylation is 2. The highest BCUT2D eigenvalue weighted by Gasteiger charge is 1.90. The summed E-state index contributed by atoms with van der Waals surface area (Å²) >= 11 is 0. The molecule has 62 valence electrons. The van der Waals surface area contributed by atoms with E-state index in [1.54, 1.807) is 0 Å². The lowest BCUT2D eigenvalue weighted by Gasteiger charge is -1.97. The van der Waals surface area contributed by atoms with Crippen molar-refractivity contribution >= 4 is 0 Å². The Kier molecular flexibility index (Phi) is 5.44. The van der Waals surface area contributed by atoms with Crippen LogP contribution in [0.15, 0.2) is 18.5 Å². The van der Waals surface area contributed by atoms with Crippen molar-refractivity contribution in [2.24, 2.45) is 0 Å². The molecule has 0 bridgehead atoms. The zero-order chi connectivity index (χ0) is 8.69. The topological polar surface area (TPSA) is 12.9 Å². The predicted molar refractivity (Wildman–Crippen MR) is 49.7 cm³/mol. The van der Waals surface area contributed by atoms with Crippen molar-refractivity contribution < 1.29 is 0 Å². The normalized spacial score (nSPS) is 8.36. The lowest BCUT2D eigenvalue weighted by atomic mass is 10.1. The molecule has 1 rings (SSSR count). The Morgan fingerprint density at radius 1 is 1.36 bits per heavy atom. The van der Waals surface area contributed by atoms with E-state index in [9.17, 15) is 0 Å². The number of nitrogens with zero attached hydrogens (tertiary/aromatic N) is 1. The maximum Gasteiger partial charge on any atom is 0.0302 e. The second kappa shape index (κ2) is 5.90. The molecule has 11 heavy (non-hydrogen) atoms. The van der Waals surface area contributed by atoms with Gasteiger partial charge in [0.15, 0.2) is 0 Å². The summed E-state index contributed by atoms with van der Waals surface area (Å²) in [5, 5.41) is 0. The summed E-state index contributed by atoms with van der Waals surface area (Å²) in [6, 6.07) is 2.04. The van der Waals surface area contributed by atoms with Crippen molar-refractivity contribution in [1.82, 2.24) is 4.98 Å². The highest BCUT2D eigenvalue weighted by molar-refractivity contribution is 5.20. The fourth-order valence-corrected chi connectivity index (χ4v) is 0.867. The molecule has 0 fully saturated rings. The molecule has 0 radical (unpaired) electrons. The number of hydrogen-bond donors (Lipinski definition) is 0. The van der Waals surface area contributed by atoms with Crippen molar-refractivity contribution in [2.45, 2.75) is 34.1 Å². The predicted octanol–water partition coefficient (Wildman–Crippen LogP) is 2.98. The van der Waals surface area contributed by atoms with Crippen LogP contribution >= 0.6 is 0 Å². The second-order valence-electron chi connectivity index (χ2n) is 2.16. The maximum absolute atomic E-state index is 4.02. The Labute approximate surface area is 69.5 Å². The minimum Gasteiger partial charge on any atom is -0.264 e. The number of rotatable bonds is 1. The van der Waals surface area contributed by atoms with Gasteiger partial charge in [-0.1, -0.05) is 20.8 Å². The van der Waals surface area contributed by atoms with Crippen LogP contribution in [0.5, 0.6) is 0 Å². The summed E-state index contributed by atoms with van der Waals surface area (Å²) in [4.78, 5) is 4.02. The Bertz CT molecular complexity index is 194. The first kappa shape index (κ1) is 10.2. The zero-order valence-electron chi connectivity index (χ0n) is 7.89. The molecule has 1 heterocycles. The van der Waals surface area contributed by atoms with Crippen molar-refractivity contribution in [2.75, 3.05) is 0 Å².